The molecular weight excluding hydrogens is 537 g/mol. The first-order valence-electron chi connectivity index (χ1n) is 14.7. The predicted molar refractivity (Wildman–Crippen MR) is 140 cm³/mol. The van der Waals surface area contributed by atoms with Gasteiger partial charge in [0.1, 0.15) is 0 Å². The number of unbranched alkanes of at least 4 members (excludes halogenated alkanes) is 8. The van der Waals surface area contributed by atoms with E-state index in [-0.39, 0.29) is 57.9 Å². The van der Waals surface area contributed by atoms with Crippen LogP contribution in [0.5, 0.6) is 0 Å². The largest absolute Gasteiger partial charge is 3.00 e. The summed E-state index contributed by atoms with van der Waals surface area (Å²) in [6, 6.07) is 0. The van der Waals surface area contributed by atoms with Crippen molar-refractivity contribution in [3.63, 3.8) is 0 Å². The molecule has 36 heavy (non-hydrogen) atoms. The minimum absolute atomic E-state index is 0. The van der Waals surface area contributed by atoms with Crippen molar-refractivity contribution >= 4 is 19.5 Å². The fourth-order valence-electron chi connectivity index (χ4n) is 10.9. The van der Waals surface area contributed by atoms with Gasteiger partial charge in [-0.25, -0.2) is 0 Å². The average molecular weight is 584 g/mol. The molecule has 0 aromatic rings. The summed E-state index contributed by atoms with van der Waals surface area (Å²) < 4.78 is 0. The van der Waals surface area contributed by atoms with Gasteiger partial charge in [-0.05, 0) is 83.8 Å². The van der Waals surface area contributed by atoms with Gasteiger partial charge in [-0.2, -0.15) is 0 Å². The summed E-state index contributed by atoms with van der Waals surface area (Å²) in [6.07, 6.45) is 20.3. The van der Waals surface area contributed by atoms with Gasteiger partial charge < -0.3 is 35.3 Å². The van der Waals surface area contributed by atoms with Crippen LogP contribution in [0.4, 0.5) is 0 Å². The first-order chi connectivity index (χ1) is 16.0. The Morgan fingerprint density at radius 3 is 2.00 bits per heavy atom. The van der Waals surface area contributed by atoms with Crippen LogP contribution in [0.15, 0.2) is 11.1 Å². The Morgan fingerprint density at radius 2 is 1.44 bits per heavy atom. The van der Waals surface area contributed by atoms with E-state index < -0.39 is 8.41 Å². The summed E-state index contributed by atoms with van der Waals surface area (Å²) in [5.41, 5.74) is 13.5. The molecule has 199 valence electrons. The number of allylic oxidation sites excluding steroid dienone is 2. The molecule has 7 unspecified atom stereocenters. The van der Waals surface area contributed by atoms with Crippen molar-refractivity contribution in [2.24, 2.45) is 28.1 Å². The number of carbonyl (C=O) groups excluding carboxylic acids is 1. The summed E-state index contributed by atoms with van der Waals surface area (Å²) in [6.45, 7) is 9.73. The van der Waals surface area contributed by atoms with E-state index in [1.165, 1.54) is 89.9 Å². The molecule has 6 heteroatoms. The fourth-order valence-corrected chi connectivity index (χ4v) is 16.5. The molecule has 6 fully saturated rings. The third kappa shape index (κ3) is 3.19. The molecule has 7 atom stereocenters. The first kappa shape index (κ1) is 31.1. The van der Waals surface area contributed by atoms with Crippen molar-refractivity contribution in [3.05, 3.63) is 16.9 Å². The smallest absolute Gasteiger partial charge is 1.00 e. The van der Waals surface area contributed by atoms with E-state index in [0.29, 0.717) is 21.8 Å². The van der Waals surface area contributed by atoms with Crippen molar-refractivity contribution in [3.8, 4) is 0 Å². The third-order valence-electron chi connectivity index (χ3n) is 11.9. The van der Waals surface area contributed by atoms with E-state index in [2.05, 4.69) is 27.7 Å². The Balaban J connectivity index is 0.00000120. The maximum absolute atomic E-state index is 12.2. The second-order valence-corrected chi connectivity index (χ2v) is 15.9. The number of carbonyl (C=O) groups is 1. The standard InChI is InChI=1S/C30H47NOSi.2ClH.Ti/c1-5-8-10-12-13-15-16-21-20(4)33(23(7-3)22(21)17-14-11-9-6-2)28-19-18-27(26(31)32)24-29(27)25(28)30(24,28)29;;;/h20,24-25H,5-19H2,1-4H3,(H2,31,32);2*1H;/q;;;+3/p-3. The molecular formula is C30H46Cl2NOSiTi. The monoisotopic (exact) mass is 582 g/mol. The molecule has 6 saturated carbocycles. The van der Waals surface area contributed by atoms with E-state index in [0.717, 1.165) is 17.9 Å². The summed E-state index contributed by atoms with van der Waals surface area (Å²) in [5, 5.41) is 2.61. The Hall–Kier alpha value is 0.591. The topological polar surface area (TPSA) is 40.9 Å². The van der Waals surface area contributed by atoms with Gasteiger partial charge in [0, 0.05) is 13.8 Å². The SMILES string of the molecule is CCCCCCCCC1=C(CCCCCC)C(CC)=[Si](C23CCC4(C([NH-])=O)C5C46C2C536)C1C.[Cl-].[Cl-].[Ti+3]. The molecule has 2 bridgehead atoms. The summed E-state index contributed by atoms with van der Waals surface area (Å²) in [7, 11) is -0.550. The van der Waals surface area contributed by atoms with Gasteiger partial charge >= 0.3 is 21.7 Å². The minimum atomic E-state index is -0.550. The fraction of sp³-hybridized carbons (Fsp3) is 0.867. The Morgan fingerprint density at radius 1 is 0.861 bits per heavy atom. The molecule has 1 N–H and O–H groups in total. The maximum atomic E-state index is 12.2. The van der Waals surface area contributed by atoms with Gasteiger partial charge in [-0.1, -0.05) is 89.8 Å². The van der Waals surface area contributed by atoms with Crippen molar-refractivity contribution < 1.29 is 51.3 Å². The van der Waals surface area contributed by atoms with Crippen molar-refractivity contribution in [1.29, 1.82) is 0 Å². The average Bonchev–Trinajstić information content (AvgIpc) is 3.72. The molecule has 1 aliphatic heterocycles. The molecule has 2 nitrogen and oxygen atoms in total. The van der Waals surface area contributed by atoms with Crippen LogP contribution in [0.25, 0.3) is 5.73 Å². The maximum Gasteiger partial charge on any atom is 3.00 e. The molecule has 0 saturated heterocycles. The molecule has 1 amide bonds. The van der Waals surface area contributed by atoms with Crippen molar-refractivity contribution in [2.45, 2.75) is 135 Å². The van der Waals surface area contributed by atoms with Crippen LogP contribution in [0.2, 0.25) is 10.6 Å². The zero-order valence-corrected chi connectivity index (χ0v) is 27.1. The predicted octanol–water partition coefficient (Wildman–Crippen LogP) is 2.43. The van der Waals surface area contributed by atoms with E-state index in [1.54, 1.807) is 0 Å². The van der Waals surface area contributed by atoms with Crippen LogP contribution in [-0.2, 0) is 26.5 Å². The van der Waals surface area contributed by atoms with Crippen LogP contribution in [0.3, 0.4) is 0 Å². The van der Waals surface area contributed by atoms with Gasteiger partial charge in [-0.15, -0.1) is 0 Å². The van der Waals surface area contributed by atoms with Crippen LogP contribution in [-0.4, -0.2) is 19.5 Å². The number of hydrogen-bond acceptors (Lipinski definition) is 1. The number of fused-ring (bicyclic) bond motifs is 1. The van der Waals surface area contributed by atoms with Crippen molar-refractivity contribution in [1.82, 2.24) is 0 Å². The van der Waals surface area contributed by atoms with Crippen LogP contribution < -0.4 is 24.8 Å². The van der Waals surface area contributed by atoms with Gasteiger partial charge in [-0.3, -0.25) is 0 Å². The third-order valence-corrected chi connectivity index (χ3v) is 16.3. The normalized spacial score (nSPS) is 40.9. The minimum Gasteiger partial charge on any atom is -1.00 e. The number of hydrogen-bond donors (Lipinski definition) is 0. The molecule has 0 aromatic heterocycles. The van der Waals surface area contributed by atoms with Gasteiger partial charge in [0.05, 0.1) is 5.91 Å². The molecule has 1 radical (unpaired) electrons. The Kier molecular flexibility index (Phi) is 9.10. The second-order valence-electron chi connectivity index (χ2n) is 12.7. The van der Waals surface area contributed by atoms with E-state index in [1.807, 2.05) is 16.3 Å². The van der Waals surface area contributed by atoms with E-state index in [9.17, 15) is 4.79 Å². The van der Waals surface area contributed by atoms with Gasteiger partial charge in [0.15, 0.2) is 0 Å². The zero-order chi connectivity index (χ0) is 23.2. The number of halogens is 2. The number of nitrogens with one attached hydrogen (secondary N) is 1. The van der Waals surface area contributed by atoms with Gasteiger partial charge in [0.25, 0.3) is 0 Å². The quantitative estimate of drug-likeness (QED) is 0.216. The first-order valence-corrected chi connectivity index (χ1v) is 16.3. The Bertz CT molecular complexity index is 967. The summed E-state index contributed by atoms with van der Waals surface area (Å²) in [4.78, 5) is 12.2. The molecule has 6 aliphatic carbocycles. The van der Waals surface area contributed by atoms with Crippen LogP contribution >= 0.6 is 0 Å². The van der Waals surface area contributed by atoms with Crippen LogP contribution in [0, 0.1) is 28.1 Å². The summed E-state index contributed by atoms with van der Waals surface area (Å²) >= 11 is 0. The molecule has 0 aromatic carbocycles. The zero-order valence-electron chi connectivity index (χ0n) is 23.0. The van der Waals surface area contributed by atoms with E-state index in [4.69, 9.17) is 5.73 Å². The molecule has 7 rings (SSSR count). The molecule has 7 aliphatic rings. The number of amides is 1. The molecule has 2 spiro atoms. The molecule has 1 heterocycles. The number of rotatable bonds is 15. The summed E-state index contributed by atoms with van der Waals surface area (Å²) in [5.74, 6) is 1.38. The van der Waals surface area contributed by atoms with E-state index >= 15 is 0 Å². The van der Waals surface area contributed by atoms with Crippen molar-refractivity contribution in [2.75, 3.05) is 0 Å². The van der Waals surface area contributed by atoms with Gasteiger partial charge in [0.2, 0.25) is 0 Å². The van der Waals surface area contributed by atoms with Crippen LogP contribution in [0.1, 0.15) is 124 Å². The second kappa shape index (κ2) is 10.5. The Labute approximate surface area is 249 Å².